The number of amides is 1. The molecular formula is C19H24N2O3. The molecule has 1 amide bonds. The Balaban J connectivity index is 2.07. The van der Waals surface area contributed by atoms with E-state index < -0.39 is 12.0 Å². The van der Waals surface area contributed by atoms with Crippen molar-refractivity contribution in [2.45, 2.75) is 51.5 Å². The molecule has 1 aromatic rings. The second-order valence-electron chi connectivity index (χ2n) is 6.16. The van der Waals surface area contributed by atoms with Gasteiger partial charge in [0.2, 0.25) is 5.91 Å². The smallest absolute Gasteiger partial charge is 0.328 e. The van der Waals surface area contributed by atoms with Gasteiger partial charge >= 0.3 is 5.97 Å². The molecule has 0 bridgehead atoms. The van der Waals surface area contributed by atoms with Crippen molar-refractivity contribution < 1.29 is 14.3 Å². The summed E-state index contributed by atoms with van der Waals surface area (Å²) in [5, 5.41) is 11.9. The van der Waals surface area contributed by atoms with E-state index in [-0.39, 0.29) is 18.4 Å². The van der Waals surface area contributed by atoms with E-state index in [2.05, 4.69) is 11.4 Å². The normalized spacial score (nSPS) is 16.0. The van der Waals surface area contributed by atoms with Gasteiger partial charge in [-0.2, -0.15) is 5.26 Å². The van der Waals surface area contributed by atoms with E-state index in [1.165, 1.54) is 6.42 Å². The minimum atomic E-state index is -0.715. The summed E-state index contributed by atoms with van der Waals surface area (Å²) in [4.78, 5) is 24.7. The van der Waals surface area contributed by atoms with Crippen LogP contribution < -0.4 is 5.32 Å². The lowest BCUT2D eigenvalue weighted by Crippen LogP contribution is -2.46. The molecule has 0 spiro atoms. The van der Waals surface area contributed by atoms with E-state index in [1.54, 1.807) is 25.1 Å². The maximum absolute atomic E-state index is 12.5. The molecule has 1 atom stereocenters. The Morgan fingerprint density at radius 2 is 2.08 bits per heavy atom. The van der Waals surface area contributed by atoms with Crippen molar-refractivity contribution in [1.82, 2.24) is 5.32 Å². The Labute approximate surface area is 143 Å². The van der Waals surface area contributed by atoms with Crippen molar-refractivity contribution in [1.29, 1.82) is 5.26 Å². The molecule has 0 radical (unpaired) electrons. The molecule has 1 N–H and O–H groups in total. The van der Waals surface area contributed by atoms with Gasteiger partial charge in [0.15, 0.2) is 0 Å². The van der Waals surface area contributed by atoms with Gasteiger partial charge in [0.25, 0.3) is 0 Å². The molecule has 5 heteroatoms. The molecule has 0 aromatic heterocycles. The SMILES string of the molecule is CCOC(=O)C(Cc1cccc(C#N)c1)NC(=O)C1CCCCC1. The zero-order valence-corrected chi connectivity index (χ0v) is 14.1. The number of nitrogens with zero attached hydrogens (tertiary/aromatic N) is 1. The molecule has 0 heterocycles. The number of benzene rings is 1. The zero-order chi connectivity index (χ0) is 17.4. The maximum Gasteiger partial charge on any atom is 0.328 e. The van der Waals surface area contributed by atoms with E-state index in [0.717, 1.165) is 31.2 Å². The first kappa shape index (κ1) is 18.0. The maximum atomic E-state index is 12.5. The van der Waals surface area contributed by atoms with Crippen LogP contribution in [0.5, 0.6) is 0 Å². The number of carbonyl (C=O) groups is 2. The fourth-order valence-corrected chi connectivity index (χ4v) is 3.09. The van der Waals surface area contributed by atoms with Crippen molar-refractivity contribution in [3.05, 3.63) is 35.4 Å². The summed E-state index contributed by atoms with van der Waals surface area (Å²) in [6, 6.07) is 8.44. The third-order valence-electron chi connectivity index (χ3n) is 4.36. The van der Waals surface area contributed by atoms with Gasteiger partial charge in [-0.05, 0) is 37.5 Å². The quantitative estimate of drug-likeness (QED) is 0.814. The highest BCUT2D eigenvalue weighted by molar-refractivity contribution is 5.86. The van der Waals surface area contributed by atoms with Gasteiger partial charge in [-0.1, -0.05) is 31.4 Å². The molecule has 1 saturated carbocycles. The Morgan fingerprint density at radius 3 is 2.75 bits per heavy atom. The van der Waals surface area contributed by atoms with E-state index in [9.17, 15) is 9.59 Å². The predicted octanol–water partition coefficient (Wildman–Crippen LogP) is 2.73. The monoisotopic (exact) mass is 328 g/mol. The first-order valence-electron chi connectivity index (χ1n) is 8.60. The van der Waals surface area contributed by atoms with Crippen LogP contribution in [0.15, 0.2) is 24.3 Å². The summed E-state index contributed by atoms with van der Waals surface area (Å²) in [6.07, 6.45) is 5.38. The van der Waals surface area contributed by atoms with Crippen LogP contribution in [0.3, 0.4) is 0 Å². The lowest BCUT2D eigenvalue weighted by molar-refractivity contribution is -0.148. The topological polar surface area (TPSA) is 79.2 Å². The largest absolute Gasteiger partial charge is 0.464 e. The molecule has 5 nitrogen and oxygen atoms in total. The highest BCUT2D eigenvalue weighted by Gasteiger charge is 2.27. The van der Waals surface area contributed by atoms with Gasteiger partial charge in [0, 0.05) is 12.3 Å². The second-order valence-corrected chi connectivity index (χ2v) is 6.16. The summed E-state index contributed by atoms with van der Waals surface area (Å²) >= 11 is 0. The van der Waals surface area contributed by atoms with Gasteiger partial charge in [0.05, 0.1) is 18.2 Å². The van der Waals surface area contributed by atoms with Crippen LogP contribution in [0.2, 0.25) is 0 Å². The number of carbonyl (C=O) groups excluding carboxylic acids is 2. The van der Waals surface area contributed by atoms with Crippen molar-refractivity contribution >= 4 is 11.9 Å². The standard InChI is InChI=1S/C19H24N2O3/c1-2-24-19(23)17(12-14-7-6-8-15(11-14)13-20)21-18(22)16-9-4-3-5-10-16/h6-8,11,16-17H,2-5,9-10,12H2,1H3,(H,21,22). The number of esters is 1. The molecule has 1 aliphatic rings. The first-order chi connectivity index (χ1) is 11.6. The van der Waals surface area contributed by atoms with E-state index in [4.69, 9.17) is 10.00 Å². The zero-order valence-electron chi connectivity index (χ0n) is 14.1. The number of hydrogen-bond donors (Lipinski definition) is 1. The summed E-state index contributed by atoms with van der Waals surface area (Å²) in [7, 11) is 0. The predicted molar refractivity (Wildman–Crippen MR) is 90.0 cm³/mol. The average Bonchev–Trinajstić information content (AvgIpc) is 2.62. The summed E-state index contributed by atoms with van der Waals surface area (Å²) in [5.74, 6) is -0.505. The van der Waals surface area contributed by atoms with Gasteiger partial charge in [-0.25, -0.2) is 4.79 Å². The highest BCUT2D eigenvalue weighted by Crippen LogP contribution is 2.24. The van der Waals surface area contributed by atoms with Crippen molar-refractivity contribution in [2.75, 3.05) is 6.61 Å². The second kappa shape index (κ2) is 9.07. The van der Waals surface area contributed by atoms with Gasteiger partial charge in [0.1, 0.15) is 6.04 Å². The first-order valence-corrected chi connectivity index (χ1v) is 8.60. The van der Waals surface area contributed by atoms with Crippen molar-refractivity contribution in [3.8, 4) is 6.07 Å². The van der Waals surface area contributed by atoms with Crippen LogP contribution in [-0.4, -0.2) is 24.5 Å². The highest BCUT2D eigenvalue weighted by atomic mass is 16.5. The van der Waals surface area contributed by atoms with Crippen molar-refractivity contribution in [3.63, 3.8) is 0 Å². The van der Waals surface area contributed by atoms with Crippen LogP contribution in [-0.2, 0) is 20.7 Å². The van der Waals surface area contributed by atoms with Gasteiger partial charge < -0.3 is 10.1 Å². The number of ether oxygens (including phenoxy) is 1. The summed E-state index contributed by atoms with van der Waals surface area (Å²) in [6.45, 7) is 2.01. The average molecular weight is 328 g/mol. The van der Waals surface area contributed by atoms with Crippen LogP contribution in [0.25, 0.3) is 0 Å². The molecule has 128 valence electrons. The molecule has 2 rings (SSSR count). The molecule has 0 saturated heterocycles. The molecule has 1 aromatic carbocycles. The summed E-state index contributed by atoms with van der Waals surface area (Å²) in [5.41, 5.74) is 1.37. The Kier molecular flexibility index (Phi) is 6.80. The Morgan fingerprint density at radius 1 is 1.33 bits per heavy atom. The molecular weight excluding hydrogens is 304 g/mol. The molecule has 1 aliphatic carbocycles. The van der Waals surface area contributed by atoms with Gasteiger partial charge in [-0.15, -0.1) is 0 Å². The molecule has 1 fully saturated rings. The third kappa shape index (κ3) is 5.09. The van der Waals surface area contributed by atoms with Crippen LogP contribution in [0.4, 0.5) is 0 Å². The van der Waals surface area contributed by atoms with Crippen LogP contribution >= 0.6 is 0 Å². The number of nitrogens with one attached hydrogen (secondary N) is 1. The Hall–Kier alpha value is -2.35. The minimum absolute atomic E-state index is 0.0129. The lowest BCUT2D eigenvalue weighted by Gasteiger charge is -2.24. The van der Waals surface area contributed by atoms with Crippen LogP contribution in [0, 0.1) is 17.2 Å². The van der Waals surface area contributed by atoms with Crippen molar-refractivity contribution in [2.24, 2.45) is 5.92 Å². The minimum Gasteiger partial charge on any atom is -0.464 e. The number of hydrogen-bond acceptors (Lipinski definition) is 4. The van der Waals surface area contributed by atoms with E-state index >= 15 is 0 Å². The Bertz CT molecular complexity index is 615. The lowest BCUT2D eigenvalue weighted by atomic mass is 9.88. The fourth-order valence-electron chi connectivity index (χ4n) is 3.09. The van der Waals surface area contributed by atoms with E-state index in [1.807, 2.05) is 6.07 Å². The third-order valence-corrected chi connectivity index (χ3v) is 4.36. The number of rotatable bonds is 6. The summed E-state index contributed by atoms with van der Waals surface area (Å²) < 4.78 is 5.10. The van der Waals surface area contributed by atoms with Gasteiger partial charge in [-0.3, -0.25) is 4.79 Å². The molecule has 24 heavy (non-hydrogen) atoms. The molecule has 1 unspecified atom stereocenters. The molecule has 0 aliphatic heterocycles. The van der Waals surface area contributed by atoms with E-state index in [0.29, 0.717) is 12.0 Å². The number of nitriles is 1. The van der Waals surface area contributed by atoms with Crippen LogP contribution in [0.1, 0.15) is 50.2 Å². The fraction of sp³-hybridized carbons (Fsp3) is 0.526.